The Hall–Kier alpha value is -2.60. The third-order valence-corrected chi connectivity index (χ3v) is 7.29. The van der Waals surface area contributed by atoms with Crippen LogP contribution >= 0.6 is 11.8 Å². The molecule has 1 saturated carbocycles. The molecule has 0 bridgehead atoms. The van der Waals surface area contributed by atoms with Gasteiger partial charge in [0.25, 0.3) is 0 Å². The molecule has 1 fully saturated rings. The maximum absolute atomic E-state index is 13.1. The molecule has 1 aromatic heterocycles. The van der Waals surface area contributed by atoms with Crippen LogP contribution in [0.1, 0.15) is 67.1 Å². The first-order valence-electron chi connectivity index (χ1n) is 11.2. The van der Waals surface area contributed by atoms with Crippen molar-refractivity contribution in [1.82, 2.24) is 20.1 Å². The third kappa shape index (κ3) is 4.54. The average Bonchev–Trinajstić information content (AvgIpc) is 3.57. The van der Waals surface area contributed by atoms with E-state index in [9.17, 15) is 4.79 Å². The number of hydrogen-bond donors (Lipinski definition) is 1. The van der Waals surface area contributed by atoms with Crippen LogP contribution in [0.5, 0.6) is 0 Å². The molecule has 31 heavy (non-hydrogen) atoms. The van der Waals surface area contributed by atoms with Gasteiger partial charge in [-0.15, -0.1) is 10.2 Å². The predicted molar refractivity (Wildman–Crippen MR) is 123 cm³/mol. The zero-order valence-corrected chi connectivity index (χ0v) is 18.6. The van der Waals surface area contributed by atoms with Gasteiger partial charge in [0.1, 0.15) is 5.82 Å². The van der Waals surface area contributed by atoms with E-state index >= 15 is 0 Å². The van der Waals surface area contributed by atoms with Crippen molar-refractivity contribution >= 4 is 17.7 Å². The Kier molecular flexibility index (Phi) is 5.81. The lowest BCUT2D eigenvalue weighted by molar-refractivity contribution is -0.121. The van der Waals surface area contributed by atoms with Gasteiger partial charge in [0.15, 0.2) is 5.16 Å². The third-order valence-electron chi connectivity index (χ3n) is 6.21. The van der Waals surface area contributed by atoms with Gasteiger partial charge in [-0.1, -0.05) is 66.4 Å². The SMILES string of the molecule is CC(Sc1nnc(C2CC2)n1Cc1ccccc1)C(=O)NC1CCCc2ccccc21. The summed E-state index contributed by atoms with van der Waals surface area (Å²) in [7, 11) is 0. The minimum absolute atomic E-state index is 0.0638. The van der Waals surface area contributed by atoms with Crippen molar-refractivity contribution in [2.24, 2.45) is 0 Å². The molecule has 6 heteroatoms. The number of carbonyl (C=O) groups excluding carboxylic acids is 1. The summed E-state index contributed by atoms with van der Waals surface area (Å²) >= 11 is 1.51. The fourth-order valence-electron chi connectivity index (χ4n) is 4.35. The summed E-state index contributed by atoms with van der Waals surface area (Å²) < 4.78 is 2.21. The number of benzene rings is 2. The Morgan fingerprint density at radius 1 is 1.10 bits per heavy atom. The average molecular weight is 433 g/mol. The summed E-state index contributed by atoms with van der Waals surface area (Å²) in [4.78, 5) is 13.1. The van der Waals surface area contributed by atoms with E-state index in [1.807, 2.05) is 13.0 Å². The van der Waals surface area contributed by atoms with Crippen LogP contribution in [0.25, 0.3) is 0 Å². The number of fused-ring (bicyclic) bond motifs is 1. The molecule has 1 amide bonds. The lowest BCUT2D eigenvalue weighted by atomic mass is 9.88. The van der Waals surface area contributed by atoms with Gasteiger partial charge in [-0.2, -0.15) is 0 Å². The van der Waals surface area contributed by atoms with Crippen molar-refractivity contribution in [2.75, 3.05) is 0 Å². The van der Waals surface area contributed by atoms with Gasteiger partial charge in [-0.3, -0.25) is 4.79 Å². The normalized spacial score (nSPS) is 18.9. The molecule has 2 aromatic carbocycles. The maximum atomic E-state index is 13.1. The zero-order chi connectivity index (χ0) is 21.2. The van der Waals surface area contributed by atoms with Crippen molar-refractivity contribution < 1.29 is 4.79 Å². The molecular formula is C25H28N4OS. The molecule has 2 unspecified atom stereocenters. The van der Waals surface area contributed by atoms with Crippen molar-refractivity contribution in [1.29, 1.82) is 0 Å². The maximum Gasteiger partial charge on any atom is 0.233 e. The molecule has 5 nitrogen and oxygen atoms in total. The van der Waals surface area contributed by atoms with Gasteiger partial charge in [0.05, 0.1) is 17.8 Å². The van der Waals surface area contributed by atoms with E-state index in [1.54, 1.807) is 0 Å². The van der Waals surface area contributed by atoms with E-state index < -0.39 is 0 Å². The molecule has 0 radical (unpaired) electrons. The van der Waals surface area contributed by atoms with Crippen LogP contribution in [0.3, 0.4) is 0 Å². The van der Waals surface area contributed by atoms with Crippen LogP contribution in [-0.2, 0) is 17.8 Å². The van der Waals surface area contributed by atoms with Crippen molar-refractivity contribution in [3.05, 3.63) is 77.1 Å². The Bertz CT molecular complexity index is 1060. The summed E-state index contributed by atoms with van der Waals surface area (Å²) in [6.45, 7) is 2.71. The van der Waals surface area contributed by atoms with E-state index in [4.69, 9.17) is 0 Å². The summed E-state index contributed by atoms with van der Waals surface area (Å²) in [5.41, 5.74) is 3.85. The van der Waals surface area contributed by atoms with Crippen LogP contribution in [0.15, 0.2) is 59.8 Å². The molecule has 0 aliphatic heterocycles. The summed E-state index contributed by atoms with van der Waals surface area (Å²) in [6, 6.07) is 19.0. The predicted octanol–water partition coefficient (Wildman–Crippen LogP) is 4.88. The summed E-state index contributed by atoms with van der Waals surface area (Å²) in [5, 5.41) is 12.9. The molecule has 2 atom stereocenters. The molecule has 3 aromatic rings. The number of aromatic nitrogens is 3. The van der Waals surface area contributed by atoms with Gasteiger partial charge >= 0.3 is 0 Å². The van der Waals surface area contributed by atoms with E-state index in [-0.39, 0.29) is 17.2 Å². The lowest BCUT2D eigenvalue weighted by Gasteiger charge is -2.27. The van der Waals surface area contributed by atoms with Gasteiger partial charge in [-0.05, 0) is 55.7 Å². The largest absolute Gasteiger partial charge is 0.348 e. The second kappa shape index (κ2) is 8.87. The topological polar surface area (TPSA) is 59.8 Å². The van der Waals surface area contributed by atoms with Gasteiger partial charge in [-0.25, -0.2) is 0 Å². The number of thioether (sulfide) groups is 1. The van der Waals surface area contributed by atoms with Crippen LogP contribution in [0, 0.1) is 0 Å². The number of nitrogens with one attached hydrogen (secondary N) is 1. The van der Waals surface area contributed by atoms with E-state index in [0.29, 0.717) is 5.92 Å². The highest BCUT2D eigenvalue weighted by Gasteiger charge is 2.32. The minimum Gasteiger partial charge on any atom is -0.348 e. The Morgan fingerprint density at radius 3 is 2.68 bits per heavy atom. The monoisotopic (exact) mass is 432 g/mol. The highest BCUT2D eigenvalue weighted by molar-refractivity contribution is 8.00. The number of carbonyl (C=O) groups is 1. The Labute approximate surface area is 187 Å². The number of rotatable bonds is 7. The fourth-order valence-corrected chi connectivity index (χ4v) is 5.21. The Balaban J connectivity index is 1.30. The number of amides is 1. The van der Waals surface area contributed by atoms with Crippen molar-refractivity contribution in [2.45, 2.75) is 67.9 Å². The fraction of sp³-hybridized carbons (Fsp3) is 0.400. The van der Waals surface area contributed by atoms with Crippen LogP contribution in [-0.4, -0.2) is 25.9 Å². The molecule has 2 aliphatic rings. The summed E-state index contributed by atoms with van der Waals surface area (Å²) in [6.07, 6.45) is 5.55. The summed E-state index contributed by atoms with van der Waals surface area (Å²) in [5.74, 6) is 1.63. The second-order valence-electron chi connectivity index (χ2n) is 8.60. The lowest BCUT2D eigenvalue weighted by Crippen LogP contribution is -2.36. The number of hydrogen-bond acceptors (Lipinski definition) is 4. The standard InChI is InChI=1S/C25H28N4OS/c1-17(24(30)26-22-13-7-11-19-10-5-6-12-21(19)22)31-25-28-27-23(20-14-15-20)29(25)16-18-8-3-2-4-9-18/h2-6,8-10,12,17,20,22H,7,11,13-16H2,1H3,(H,26,30). The second-order valence-corrected chi connectivity index (χ2v) is 9.91. The zero-order valence-electron chi connectivity index (χ0n) is 17.8. The molecular weight excluding hydrogens is 404 g/mol. The molecule has 160 valence electrons. The van der Waals surface area contributed by atoms with Crippen LogP contribution < -0.4 is 5.32 Å². The van der Waals surface area contributed by atoms with E-state index in [0.717, 1.165) is 36.8 Å². The highest BCUT2D eigenvalue weighted by Crippen LogP contribution is 2.40. The minimum atomic E-state index is -0.236. The highest BCUT2D eigenvalue weighted by atomic mass is 32.2. The first-order valence-corrected chi connectivity index (χ1v) is 12.1. The van der Waals surface area contributed by atoms with Gasteiger partial charge in [0, 0.05) is 5.92 Å². The molecule has 1 N–H and O–H groups in total. The van der Waals surface area contributed by atoms with Crippen molar-refractivity contribution in [3.63, 3.8) is 0 Å². The van der Waals surface area contributed by atoms with Gasteiger partial charge in [0.2, 0.25) is 5.91 Å². The van der Waals surface area contributed by atoms with Crippen LogP contribution in [0.4, 0.5) is 0 Å². The molecule has 0 saturated heterocycles. The smallest absolute Gasteiger partial charge is 0.233 e. The number of nitrogens with zero attached hydrogens (tertiary/aromatic N) is 3. The molecule has 1 heterocycles. The van der Waals surface area contributed by atoms with Gasteiger partial charge < -0.3 is 9.88 Å². The number of aryl methyl sites for hydroxylation is 1. The first-order chi connectivity index (χ1) is 15.2. The molecule has 2 aliphatic carbocycles. The van der Waals surface area contributed by atoms with Crippen molar-refractivity contribution in [3.8, 4) is 0 Å². The first kappa shape index (κ1) is 20.3. The molecule has 0 spiro atoms. The molecule has 5 rings (SSSR count). The Morgan fingerprint density at radius 2 is 1.87 bits per heavy atom. The van der Waals surface area contributed by atoms with E-state index in [2.05, 4.69) is 68.6 Å². The quantitative estimate of drug-likeness (QED) is 0.541. The van der Waals surface area contributed by atoms with Crippen LogP contribution in [0.2, 0.25) is 0 Å². The van der Waals surface area contributed by atoms with E-state index in [1.165, 1.54) is 41.3 Å².